The number of nitrogens with one attached hydrogen (secondary N) is 1. The summed E-state index contributed by atoms with van der Waals surface area (Å²) in [5, 5.41) is 5.29. The number of benzene rings is 3. The van der Waals surface area contributed by atoms with Gasteiger partial charge in [0.1, 0.15) is 0 Å². The summed E-state index contributed by atoms with van der Waals surface area (Å²) in [4.78, 5) is 12.5. The zero-order chi connectivity index (χ0) is 14.2. The second kappa shape index (κ2) is 4.60. The molecule has 0 aliphatic heterocycles. The van der Waals surface area contributed by atoms with Gasteiger partial charge in [-0.15, -0.1) is 0 Å². The molecule has 0 spiro atoms. The molecule has 1 amide bonds. The first-order valence-corrected chi connectivity index (χ1v) is 6.93. The van der Waals surface area contributed by atoms with Crippen molar-refractivity contribution in [3.8, 4) is 0 Å². The highest BCUT2D eigenvalue weighted by atomic mass is 16.1. The summed E-state index contributed by atoms with van der Waals surface area (Å²) in [6, 6.07) is 21.8. The largest absolute Gasteiger partial charge is 0.322 e. The van der Waals surface area contributed by atoms with Gasteiger partial charge in [0.15, 0.2) is 0 Å². The molecule has 4 rings (SSSR count). The molecule has 2 heteroatoms. The number of rotatable bonds is 2. The maximum absolute atomic E-state index is 12.5. The van der Waals surface area contributed by atoms with E-state index in [0.717, 1.165) is 22.4 Å². The monoisotopic (exact) mass is 271 g/mol. The molecule has 1 aliphatic carbocycles. The summed E-state index contributed by atoms with van der Waals surface area (Å²) in [6.07, 6.45) is 1.97. The summed E-state index contributed by atoms with van der Waals surface area (Å²) < 4.78 is 0. The van der Waals surface area contributed by atoms with Crippen molar-refractivity contribution in [1.82, 2.24) is 0 Å². The van der Waals surface area contributed by atoms with Crippen LogP contribution >= 0.6 is 0 Å². The molecule has 0 unspecified atom stereocenters. The van der Waals surface area contributed by atoms with Crippen molar-refractivity contribution in [2.24, 2.45) is 0 Å². The number of carbonyl (C=O) groups is 1. The van der Waals surface area contributed by atoms with Crippen molar-refractivity contribution in [1.29, 1.82) is 0 Å². The maximum atomic E-state index is 12.5. The molecule has 100 valence electrons. The quantitative estimate of drug-likeness (QED) is 0.738. The third-order valence-electron chi connectivity index (χ3n) is 3.80. The number of amides is 1. The zero-order valence-electron chi connectivity index (χ0n) is 11.3. The van der Waals surface area contributed by atoms with Crippen LogP contribution in [0.1, 0.15) is 11.1 Å². The summed E-state index contributed by atoms with van der Waals surface area (Å²) in [7, 11) is 0. The topological polar surface area (TPSA) is 29.1 Å². The summed E-state index contributed by atoms with van der Waals surface area (Å²) in [5.74, 6) is -0.0649. The predicted octanol–water partition coefficient (Wildman–Crippen LogP) is 4.33. The Balaban J connectivity index is 1.75. The number of carbonyl (C=O) groups excluding carboxylic acids is 1. The molecular formula is C19H13NO. The third-order valence-corrected chi connectivity index (χ3v) is 3.80. The first kappa shape index (κ1) is 11.9. The van der Waals surface area contributed by atoms with Crippen LogP contribution in [-0.2, 0) is 4.79 Å². The number of hydrogen-bond donors (Lipinski definition) is 1. The van der Waals surface area contributed by atoms with E-state index in [4.69, 9.17) is 0 Å². The minimum atomic E-state index is -0.0649. The van der Waals surface area contributed by atoms with Crippen molar-refractivity contribution in [2.75, 3.05) is 5.32 Å². The normalized spacial score (nSPS) is 12.3. The van der Waals surface area contributed by atoms with Crippen LogP contribution in [-0.4, -0.2) is 5.91 Å². The average molecular weight is 271 g/mol. The van der Waals surface area contributed by atoms with Gasteiger partial charge in [0, 0.05) is 11.3 Å². The van der Waals surface area contributed by atoms with Crippen LogP contribution in [0.4, 0.5) is 5.69 Å². The standard InChI is InChI=1S/C19H13NO/c21-19(20-15-9-2-1-3-10-15)17-12-14-8-4-6-13-7-5-11-16(17)18(13)14/h1-12H,(H,20,21). The van der Waals surface area contributed by atoms with E-state index in [2.05, 4.69) is 23.5 Å². The van der Waals surface area contributed by atoms with Crippen molar-refractivity contribution in [3.05, 3.63) is 77.9 Å². The van der Waals surface area contributed by atoms with E-state index in [1.54, 1.807) is 0 Å². The first-order chi connectivity index (χ1) is 10.3. The molecule has 0 radical (unpaired) electrons. The van der Waals surface area contributed by atoms with Gasteiger partial charge in [0.2, 0.25) is 0 Å². The van der Waals surface area contributed by atoms with E-state index < -0.39 is 0 Å². The molecule has 3 aromatic carbocycles. The van der Waals surface area contributed by atoms with E-state index in [-0.39, 0.29) is 5.91 Å². The van der Waals surface area contributed by atoms with E-state index >= 15 is 0 Å². The van der Waals surface area contributed by atoms with Gasteiger partial charge in [-0.3, -0.25) is 4.79 Å². The molecule has 0 aromatic heterocycles. The minimum Gasteiger partial charge on any atom is -0.322 e. The Bertz CT molecular complexity index is 873. The fraction of sp³-hybridized carbons (Fsp3) is 0. The Labute approximate surface area is 122 Å². The highest BCUT2D eigenvalue weighted by Gasteiger charge is 2.21. The minimum absolute atomic E-state index is 0.0649. The fourth-order valence-corrected chi connectivity index (χ4v) is 2.86. The lowest BCUT2D eigenvalue weighted by atomic mass is 10.0. The number of hydrogen-bond acceptors (Lipinski definition) is 1. The Morgan fingerprint density at radius 3 is 2.38 bits per heavy atom. The number of anilines is 1. The van der Waals surface area contributed by atoms with Crippen LogP contribution in [0.5, 0.6) is 0 Å². The van der Waals surface area contributed by atoms with Crippen molar-refractivity contribution >= 4 is 34.0 Å². The zero-order valence-corrected chi connectivity index (χ0v) is 11.3. The Morgan fingerprint density at radius 1 is 0.810 bits per heavy atom. The average Bonchev–Trinajstić information content (AvgIpc) is 2.90. The molecule has 0 bridgehead atoms. The Morgan fingerprint density at radius 2 is 1.57 bits per heavy atom. The third kappa shape index (κ3) is 1.93. The maximum Gasteiger partial charge on any atom is 0.256 e. The van der Waals surface area contributed by atoms with Crippen LogP contribution in [0.25, 0.3) is 22.4 Å². The van der Waals surface area contributed by atoms with Crippen molar-refractivity contribution in [2.45, 2.75) is 0 Å². The molecule has 1 N–H and O–H groups in total. The second-order valence-electron chi connectivity index (χ2n) is 5.13. The first-order valence-electron chi connectivity index (χ1n) is 6.93. The smallest absolute Gasteiger partial charge is 0.256 e. The molecule has 0 saturated heterocycles. The van der Waals surface area contributed by atoms with E-state index in [9.17, 15) is 4.79 Å². The van der Waals surface area contributed by atoms with Gasteiger partial charge in [-0.05, 0) is 40.1 Å². The van der Waals surface area contributed by atoms with Gasteiger partial charge in [0.25, 0.3) is 5.91 Å². The van der Waals surface area contributed by atoms with Gasteiger partial charge < -0.3 is 5.32 Å². The van der Waals surface area contributed by atoms with E-state index in [0.29, 0.717) is 0 Å². The lowest BCUT2D eigenvalue weighted by Crippen LogP contribution is -2.12. The SMILES string of the molecule is O=C(Nc1ccccc1)C1=Cc2cccc3cccc1c23. The lowest BCUT2D eigenvalue weighted by Gasteiger charge is -2.07. The van der Waals surface area contributed by atoms with Gasteiger partial charge in [0.05, 0.1) is 0 Å². The van der Waals surface area contributed by atoms with Crippen LogP contribution in [0.2, 0.25) is 0 Å². The highest BCUT2D eigenvalue weighted by molar-refractivity contribution is 6.34. The molecular weight excluding hydrogens is 258 g/mol. The van der Waals surface area contributed by atoms with Gasteiger partial charge in [-0.25, -0.2) is 0 Å². The molecule has 21 heavy (non-hydrogen) atoms. The molecule has 0 heterocycles. The molecule has 0 saturated carbocycles. The lowest BCUT2D eigenvalue weighted by molar-refractivity contribution is -0.111. The Hall–Kier alpha value is -2.87. The van der Waals surface area contributed by atoms with Gasteiger partial charge in [-0.2, -0.15) is 0 Å². The van der Waals surface area contributed by atoms with Crippen molar-refractivity contribution in [3.63, 3.8) is 0 Å². The van der Waals surface area contributed by atoms with Crippen LogP contribution in [0.15, 0.2) is 66.7 Å². The number of para-hydroxylation sites is 1. The van der Waals surface area contributed by atoms with Gasteiger partial charge in [-0.1, -0.05) is 54.6 Å². The van der Waals surface area contributed by atoms with Crippen LogP contribution in [0, 0.1) is 0 Å². The molecule has 3 aromatic rings. The van der Waals surface area contributed by atoms with Crippen LogP contribution in [0.3, 0.4) is 0 Å². The van der Waals surface area contributed by atoms with E-state index in [1.165, 1.54) is 10.8 Å². The molecule has 2 nitrogen and oxygen atoms in total. The van der Waals surface area contributed by atoms with E-state index in [1.807, 2.05) is 54.6 Å². The molecule has 0 atom stereocenters. The molecule has 1 aliphatic rings. The predicted molar refractivity (Wildman–Crippen MR) is 86.9 cm³/mol. The summed E-state index contributed by atoms with van der Waals surface area (Å²) in [5.41, 5.74) is 3.66. The van der Waals surface area contributed by atoms with Crippen LogP contribution < -0.4 is 5.32 Å². The van der Waals surface area contributed by atoms with Gasteiger partial charge >= 0.3 is 0 Å². The second-order valence-corrected chi connectivity index (χ2v) is 5.13. The fourth-order valence-electron chi connectivity index (χ4n) is 2.86. The molecule has 0 fully saturated rings. The highest BCUT2D eigenvalue weighted by Crippen LogP contribution is 2.36. The Kier molecular flexibility index (Phi) is 2.61. The summed E-state index contributed by atoms with van der Waals surface area (Å²) in [6.45, 7) is 0. The summed E-state index contributed by atoms with van der Waals surface area (Å²) >= 11 is 0. The van der Waals surface area contributed by atoms with Crippen molar-refractivity contribution < 1.29 is 4.79 Å².